The van der Waals surface area contributed by atoms with Gasteiger partial charge in [0.25, 0.3) is 0 Å². The lowest BCUT2D eigenvalue weighted by Gasteiger charge is -2.34. The molecule has 126 valence electrons. The predicted octanol–water partition coefficient (Wildman–Crippen LogP) is 2.07. The van der Waals surface area contributed by atoms with Gasteiger partial charge in [-0.3, -0.25) is 0 Å². The summed E-state index contributed by atoms with van der Waals surface area (Å²) in [5.41, 5.74) is 0. The Hall–Kier alpha value is 0.274. The molecule has 0 bridgehead atoms. The number of hydrogen-bond acceptors (Lipinski definition) is 3. The summed E-state index contributed by atoms with van der Waals surface area (Å²) in [5.74, 6) is 0. The Balaban J connectivity index is 2.64. The second kappa shape index (κ2) is 10.1. The number of rotatable bonds is 12. The van der Waals surface area contributed by atoms with Crippen molar-refractivity contribution < 1.29 is 17.8 Å². The largest absolute Gasteiger partial charge is 0.469 e. The summed E-state index contributed by atoms with van der Waals surface area (Å²) >= 11 is 0. The topological polar surface area (TPSA) is 27.7 Å². The lowest BCUT2D eigenvalue weighted by Crippen LogP contribution is -2.59. The Kier molecular flexibility index (Phi) is 9.31. The summed E-state index contributed by atoms with van der Waals surface area (Å²) in [6, 6.07) is 0. The van der Waals surface area contributed by atoms with E-state index in [0.29, 0.717) is 0 Å². The first-order valence-electron chi connectivity index (χ1n) is 8.85. The molecule has 0 radical (unpaired) electrons. The molecule has 1 heterocycles. The number of likely N-dealkylation sites (tertiary alicyclic amines) is 1. The van der Waals surface area contributed by atoms with Crippen molar-refractivity contribution in [3.63, 3.8) is 0 Å². The predicted molar refractivity (Wildman–Crippen MR) is 93.0 cm³/mol. The van der Waals surface area contributed by atoms with Crippen LogP contribution in [0.15, 0.2) is 0 Å². The third kappa shape index (κ3) is 6.92. The van der Waals surface area contributed by atoms with Crippen molar-refractivity contribution in [3.05, 3.63) is 0 Å². The molecule has 6 heteroatoms. The molecule has 4 nitrogen and oxygen atoms in total. The molecule has 1 aliphatic rings. The normalized spacial score (nSPS) is 18.9. The van der Waals surface area contributed by atoms with Gasteiger partial charge < -0.3 is 17.8 Å². The Morgan fingerprint density at radius 1 is 0.857 bits per heavy atom. The van der Waals surface area contributed by atoms with Crippen LogP contribution in [0.2, 0.25) is 0 Å². The van der Waals surface area contributed by atoms with Crippen molar-refractivity contribution >= 4 is 17.4 Å². The molecule has 1 aliphatic heterocycles. The van der Waals surface area contributed by atoms with Crippen LogP contribution in [0.5, 0.6) is 0 Å². The molecule has 0 aromatic carbocycles. The average Bonchev–Trinajstić information content (AvgIpc) is 2.93. The zero-order valence-electron chi connectivity index (χ0n) is 14.7. The maximum atomic E-state index is 6.23. The van der Waals surface area contributed by atoms with Gasteiger partial charge in [-0.1, -0.05) is 20.8 Å². The van der Waals surface area contributed by atoms with E-state index in [9.17, 15) is 0 Å². The van der Waals surface area contributed by atoms with E-state index in [-0.39, 0.29) is 0 Å². The fourth-order valence-electron chi connectivity index (χ4n) is 2.84. The quantitative estimate of drug-likeness (QED) is 0.404. The highest BCUT2D eigenvalue weighted by atomic mass is 29.2. The first kappa shape index (κ1) is 19.3. The van der Waals surface area contributed by atoms with Crippen LogP contribution in [-0.2, 0) is 13.3 Å². The third-order valence-corrected chi connectivity index (χ3v) is 12.4. The maximum absolute atomic E-state index is 6.23. The maximum Gasteiger partial charge on any atom is 0.469 e. The second-order valence-corrected chi connectivity index (χ2v) is 13.8. The van der Waals surface area contributed by atoms with E-state index in [0.717, 1.165) is 39.1 Å². The highest BCUT2D eigenvalue weighted by Crippen LogP contribution is 2.18. The van der Waals surface area contributed by atoms with Gasteiger partial charge in [0, 0.05) is 32.7 Å². The molecule has 1 rings (SSSR count). The molecule has 1 saturated heterocycles. The summed E-state index contributed by atoms with van der Waals surface area (Å²) in [5, 5.41) is 0. The zero-order chi connectivity index (χ0) is 15.6. The SMILES string of the molecule is CCCO[Si](OCCC)(OCCC)[SiH2]C[N+]1(C)CCCC1. The van der Waals surface area contributed by atoms with Gasteiger partial charge in [0.2, 0.25) is 0 Å². The van der Waals surface area contributed by atoms with Gasteiger partial charge in [-0.25, -0.2) is 0 Å². The van der Waals surface area contributed by atoms with Crippen LogP contribution in [0.25, 0.3) is 0 Å². The van der Waals surface area contributed by atoms with E-state index in [1.165, 1.54) is 36.6 Å². The molecule has 0 spiro atoms. The standard InChI is InChI=1S/C15H36NO3Si2/c1-5-12-17-21(18-13-6-2,19-14-7-3)20-15-16(4)10-8-9-11-16/h5-15,20H2,1-4H3/q+1. The van der Waals surface area contributed by atoms with E-state index in [1.54, 1.807) is 0 Å². The Morgan fingerprint density at radius 2 is 1.29 bits per heavy atom. The summed E-state index contributed by atoms with van der Waals surface area (Å²) in [4.78, 5) is 0. The molecular formula is C15H36NO3Si2+. The van der Waals surface area contributed by atoms with Crippen LogP contribution in [0, 0.1) is 0 Å². The molecule has 0 N–H and O–H groups in total. The van der Waals surface area contributed by atoms with Crippen molar-refractivity contribution in [2.75, 3.05) is 46.1 Å². The lowest BCUT2D eigenvalue weighted by atomic mass is 10.4. The first-order valence-corrected chi connectivity index (χ1v) is 13.9. The average molecular weight is 335 g/mol. The molecule has 0 amide bonds. The molecule has 0 aliphatic carbocycles. The van der Waals surface area contributed by atoms with Crippen molar-refractivity contribution in [2.45, 2.75) is 52.9 Å². The van der Waals surface area contributed by atoms with Gasteiger partial charge in [-0.15, -0.1) is 0 Å². The van der Waals surface area contributed by atoms with Crippen molar-refractivity contribution in [1.82, 2.24) is 0 Å². The molecule has 0 atom stereocenters. The second-order valence-electron chi connectivity index (χ2n) is 6.48. The van der Waals surface area contributed by atoms with Gasteiger partial charge in [0.15, 0.2) is 9.04 Å². The fourth-order valence-corrected chi connectivity index (χ4v) is 11.4. The van der Waals surface area contributed by atoms with E-state index in [1.807, 2.05) is 0 Å². The number of quaternary nitrogens is 1. The molecule has 0 aromatic rings. The number of hydrogen-bond donors (Lipinski definition) is 0. The van der Waals surface area contributed by atoms with Crippen LogP contribution in [0.1, 0.15) is 52.9 Å². The van der Waals surface area contributed by atoms with Crippen LogP contribution in [-0.4, -0.2) is 68.0 Å². The minimum Gasteiger partial charge on any atom is -0.377 e. The first-order chi connectivity index (χ1) is 10.1. The third-order valence-electron chi connectivity index (χ3n) is 4.18. The van der Waals surface area contributed by atoms with E-state index < -0.39 is 17.4 Å². The minimum atomic E-state index is -2.35. The van der Waals surface area contributed by atoms with E-state index in [4.69, 9.17) is 13.3 Å². The van der Waals surface area contributed by atoms with Gasteiger partial charge in [0.1, 0.15) is 0 Å². The monoisotopic (exact) mass is 334 g/mol. The van der Waals surface area contributed by atoms with Gasteiger partial charge >= 0.3 is 8.32 Å². The molecule has 0 unspecified atom stereocenters. The number of nitrogens with zero attached hydrogens (tertiary/aromatic N) is 1. The van der Waals surface area contributed by atoms with Crippen LogP contribution in [0.4, 0.5) is 0 Å². The fraction of sp³-hybridized carbons (Fsp3) is 1.00. The smallest absolute Gasteiger partial charge is 0.377 e. The Bertz CT molecular complexity index is 252. The molecule has 1 fully saturated rings. The van der Waals surface area contributed by atoms with Crippen LogP contribution in [0.3, 0.4) is 0 Å². The molecule has 0 aromatic heterocycles. The van der Waals surface area contributed by atoms with Crippen LogP contribution >= 0.6 is 0 Å². The molecular weight excluding hydrogens is 298 g/mol. The molecule has 21 heavy (non-hydrogen) atoms. The Morgan fingerprint density at radius 3 is 1.67 bits per heavy atom. The van der Waals surface area contributed by atoms with Gasteiger partial charge in [0.05, 0.1) is 26.3 Å². The van der Waals surface area contributed by atoms with E-state index >= 15 is 0 Å². The Labute approximate surface area is 134 Å². The highest BCUT2D eigenvalue weighted by molar-refractivity contribution is 7.14. The van der Waals surface area contributed by atoms with Crippen molar-refractivity contribution in [1.29, 1.82) is 0 Å². The van der Waals surface area contributed by atoms with Gasteiger partial charge in [-0.05, 0) is 19.3 Å². The highest BCUT2D eigenvalue weighted by Gasteiger charge is 2.44. The lowest BCUT2D eigenvalue weighted by molar-refractivity contribution is -0.887. The van der Waals surface area contributed by atoms with E-state index in [2.05, 4.69) is 27.8 Å². The minimum absolute atomic E-state index is 0.484. The zero-order valence-corrected chi connectivity index (χ0v) is 17.1. The summed E-state index contributed by atoms with van der Waals surface area (Å²) in [7, 11) is -0.432. The summed E-state index contributed by atoms with van der Waals surface area (Å²) in [6.45, 7) is 11.5. The summed E-state index contributed by atoms with van der Waals surface area (Å²) < 4.78 is 19.9. The van der Waals surface area contributed by atoms with Crippen molar-refractivity contribution in [3.8, 4) is 0 Å². The van der Waals surface area contributed by atoms with Crippen molar-refractivity contribution in [2.24, 2.45) is 0 Å². The molecule has 0 saturated carbocycles. The summed E-state index contributed by atoms with van der Waals surface area (Å²) in [6.07, 6.45) is 7.14. The van der Waals surface area contributed by atoms with Crippen LogP contribution < -0.4 is 0 Å². The van der Waals surface area contributed by atoms with Gasteiger partial charge in [-0.2, -0.15) is 0 Å².